The Hall–Kier alpha value is -3.73. The molecule has 10 heteroatoms. The molecule has 1 aliphatic heterocycles. The van der Waals surface area contributed by atoms with Gasteiger partial charge in [0, 0.05) is 56.8 Å². The smallest absolute Gasteiger partial charge is 0.275 e. The van der Waals surface area contributed by atoms with Crippen LogP contribution in [0.1, 0.15) is 67.0 Å². The highest BCUT2D eigenvalue weighted by Crippen LogP contribution is 2.41. The maximum absolute atomic E-state index is 14.3. The van der Waals surface area contributed by atoms with E-state index in [0.717, 1.165) is 59.4 Å². The highest BCUT2D eigenvalue weighted by molar-refractivity contribution is 5.98. The molecule has 1 aliphatic carbocycles. The number of carbonyl (C=O) groups is 1. The van der Waals surface area contributed by atoms with E-state index in [0.29, 0.717) is 50.7 Å². The Balaban J connectivity index is 1.24. The number of nitrogens with zero attached hydrogens (tertiary/aromatic N) is 4. The van der Waals surface area contributed by atoms with Gasteiger partial charge in [-0.15, -0.1) is 0 Å². The van der Waals surface area contributed by atoms with Crippen molar-refractivity contribution >= 4 is 17.0 Å². The van der Waals surface area contributed by atoms with Gasteiger partial charge in [-0.3, -0.25) is 4.79 Å². The zero-order valence-corrected chi connectivity index (χ0v) is 25.9. The van der Waals surface area contributed by atoms with Gasteiger partial charge in [0.25, 0.3) is 5.91 Å². The molecule has 3 atom stereocenters. The molecule has 3 heterocycles. The Labute approximate surface area is 258 Å². The number of hydrogen-bond donors (Lipinski definition) is 2. The first-order valence-electron chi connectivity index (χ1n) is 15.8. The topological polar surface area (TPSA) is 115 Å². The molecule has 44 heavy (non-hydrogen) atoms. The first kappa shape index (κ1) is 30.3. The fourth-order valence-corrected chi connectivity index (χ4v) is 6.84. The number of benzene rings is 2. The van der Waals surface area contributed by atoms with Crippen LogP contribution < -0.4 is 10.1 Å². The Morgan fingerprint density at radius 1 is 1.20 bits per heavy atom. The maximum Gasteiger partial charge on any atom is 0.275 e. The van der Waals surface area contributed by atoms with Crippen LogP contribution >= 0.6 is 0 Å². The molecule has 4 aromatic rings. The van der Waals surface area contributed by atoms with E-state index in [1.165, 1.54) is 0 Å². The Bertz CT molecular complexity index is 1580. The van der Waals surface area contributed by atoms with Crippen molar-refractivity contribution in [2.75, 3.05) is 40.0 Å². The quantitative estimate of drug-likeness (QED) is 0.263. The third kappa shape index (κ3) is 5.86. The van der Waals surface area contributed by atoms with Crippen LogP contribution in [0.4, 0.5) is 0 Å². The number of hydrogen-bond acceptors (Lipinski definition) is 8. The molecule has 10 nitrogen and oxygen atoms in total. The SMILES string of the molecule is CCc1nc2ccc(OCC[C@@H]3CNCCN3C(=O)c3ncn([C@H]4CCCC[C@@]4(O)COC)c3-c3ccccc3)c(C)c2o1. The number of aromatic nitrogens is 3. The molecule has 1 saturated heterocycles. The fraction of sp³-hybridized carbons (Fsp3) is 0.500. The van der Waals surface area contributed by atoms with Gasteiger partial charge in [-0.2, -0.15) is 0 Å². The predicted molar refractivity (Wildman–Crippen MR) is 168 cm³/mol. The van der Waals surface area contributed by atoms with E-state index in [1.54, 1.807) is 13.4 Å². The van der Waals surface area contributed by atoms with Crippen LogP contribution in [0.2, 0.25) is 0 Å². The van der Waals surface area contributed by atoms with Crippen LogP contribution in [-0.2, 0) is 11.2 Å². The molecule has 0 spiro atoms. The molecule has 2 N–H and O–H groups in total. The number of fused-ring (bicyclic) bond motifs is 1. The van der Waals surface area contributed by atoms with Crippen molar-refractivity contribution in [2.24, 2.45) is 0 Å². The van der Waals surface area contributed by atoms with E-state index in [2.05, 4.69) is 10.3 Å². The minimum Gasteiger partial charge on any atom is -0.493 e. The largest absolute Gasteiger partial charge is 0.493 e. The molecule has 1 amide bonds. The summed E-state index contributed by atoms with van der Waals surface area (Å²) in [7, 11) is 1.62. The molecular formula is C34H43N5O5. The summed E-state index contributed by atoms with van der Waals surface area (Å²) in [5.74, 6) is 1.37. The summed E-state index contributed by atoms with van der Waals surface area (Å²) in [6.07, 6.45) is 6.49. The lowest BCUT2D eigenvalue weighted by atomic mass is 9.80. The standard InChI is InChI=1S/C34H43N5O5/c1-4-29-37-26-13-14-27(23(2)32(26)44-29)43-19-15-25-20-35-17-18-38(25)33(40)30-31(24-10-6-5-7-11-24)39(22-36-30)28-12-8-9-16-34(28,41)21-42-3/h5-7,10-11,13-14,22,25,28,35,41H,4,8-9,12,15-21H2,1-3H3/t25-,28+,34-/m1/s1. The molecule has 234 valence electrons. The highest BCUT2D eigenvalue weighted by atomic mass is 16.5. The van der Waals surface area contributed by atoms with Gasteiger partial charge in [0.1, 0.15) is 16.9 Å². The van der Waals surface area contributed by atoms with E-state index >= 15 is 0 Å². The number of ether oxygens (including phenoxy) is 2. The third-order valence-electron chi connectivity index (χ3n) is 9.15. The average molecular weight is 602 g/mol. The van der Waals surface area contributed by atoms with E-state index < -0.39 is 5.60 Å². The lowest BCUT2D eigenvalue weighted by molar-refractivity contribution is -0.0893. The fourth-order valence-electron chi connectivity index (χ4n) is 6.84. The molecule has 2 fully saturated rings. The minimum atomic E-state index is -1.03. The summed E-state index contributed by atoms with van der Waals surface area (Å²) >= 11 is 0. The number of nitrogens with one attached hydrogen (secondary N) is 1. The lowest BCUT2D eigenvalue weighted by Crippen LogP contribution is -2.54. The van der Waals surface area contributed by atoms with Gasteiger partial charge in [0.2, 0.25) is 0 Å². The Morgan fingerprint density at radius 2 is 2.05 bits per heavy atom. The van der Waals surface area contributed by atoms with Gasteiger partial charge in [-0.1, -0.05) is 50.1 Å². The van der Waals surface area contributed by atoms with Crippen molar-refractivity contribution in [3.8, 4) is 17.0 Å². The van der Waals surface area contributed by atoms with Crippen molar-refractivity contribution in [2.45, 2.75) is 70.1 Å². The number of amides is 1. The summed E-state index contributed by atoms with van der Waals surface area (Å²) in [5.41, 5.74) is 3.55. The van der Waals surface area contributed by atoms with Gasteiger partial charge in [-0.25, -0.2) is 9.97 Å². The average Bonchev–Trinajstić information content (AvgIpc) is 3.68. The van der Waals surface area contributed by atoms with Crippen molar-refractivity contribution in [1.82, 2.24) is 24.8 Å². The number of methoxy groups -OCH3 is 1. The molecule has 0 unspecified atom stereocenters. The zero-order valence-electron chi connectivity index (χ0n) is 25.9. The number of rotatable bonds is 10. The number of oxazole rings is 1. The van der Waals surface area contributed by atoms with E-state index in [1.807, 2.05) is 65.8 Å². The first-order chi connectivity index (χ1) is 21.4. The summed E-state index contributed by atoms with van der Waals surface area (Å²) in [4.78, 5) is 25.5. The van der Waals surface area contributed by atoms with Gasteiger partial charge in [-0.05, 0) is 31.9 Å². The monoisotopic (exact) mass is 601 g/mol. The highest BCUT2D eigenvalue weighted by Gasteiger charge is 2.42. The summed E-state index contributed by atoms with van der Waals surface area (Å²) < 4.78 is 19.6. The van der Waals surface area contributed by atoms with E-state index in [-0.39, 0.29) is 24.6 Å². The molecule has 6 rings (SSSR count). The number of piperazine rings is 1. The molecule has 2 aromatic heterocycles. The van der Waals surface area contributed by atoms with Crippen LogP contribution in [-0.4, -0.2) is 82.0 Å². The van der Waals surface area contributed by atoms with Crippen molar-refractivity contribution in [3.05, 3.63) is 65.9 Å². The van der Waals surface area contributed by atoms with Crippen molar-refractivity contribution in [1.29, 1.82) is 0 Å². The number of imidazole rings is 1. The number of aliphatic hydroxyl groups is 1. The van der Waals surface area contributed by atoms with Crippen LogP contribution in [0.15, 0.2) is 53.2 Å². The third-order valence-corrected chi connectivity index (χ3v) is 9.15. The molecule has 0 radical (unpaired) electrons. The normalized spacial score (nSPS) is 22.4. The lowest BCUT2D eigenvalue weighted by Gasteiger charge is -2.41. The first-order valence-corrected chi connectivity index (χ1v) is 15.8. The number of carbonyl (C=O) groups excluding carboxylic acids is 1. The Kier molecular flexibility index (Phi) is 9.02. The van der Waals surface area contributed by atoms with Crippen LogP contribution in [0, 0.1) is 6.92 Å². The van der Waals surface area contributed by atoms with E-state index in [4.69, 9.17) is 18.9 Å². The second-order valence-corrected chi connectivity index (χ2v) is 12.0. The predicted octanol–water partition coefficient (Wildman–Crippen LogP) is 4.94. The maximum atomic E-state index is 14.3. The van der Waals surface area contributed by atoms with Crippen LogP contribution in [0.3, 0.4) is 0 Å². The van der Waals surface area contributed by atoms with Gasteiger partial charge < -0.3 is 33.8 Å². The minimum absolute atomic E-state index is 0.0638. The van der Waals surface area contributed by atoms with Gasteiger partial charge >= 0.3 is 0 Å². The van der Waals surface area contributed by atoms with Crippen LogP contribution in [0.5, 0.6) is 5.75 Å². The second kappa shape index (κ2) is 13.1. The molecule has 0 bridgehead atoms. The van der Waals surface area contributed by atoms with E-state index in [9.17, 15) is 9.90 Å². The second-order valence-electron chi connectivity index (χ2n) is 12.0. The molecule has 1 saturated carbocycles. The zero-order chi connectivity index (χ0) is 30.7. The van der Waals surface area contributed by atoms with Crippen LogP contribution in [0.25, 0.3) is 22.4 Å². The van der Waals surface area contributed by atoms with Crippen molar-refractivity contribution in [3.63, 3.8) is 0 Å². The summed E-state index contributed by atoms with van der Waals surface area (Å²) in [5, 5.41) is 15.1. The summed E-state index contributed by atoms with van der Waals surface area (Å²) in [6, 6.07) is 13.5. The van der Waals surface area contributed by atoms with Gasteiger partial charge in [0.15, 0.2) is 17.2 Å². The van der Waals surface area contributed by atoms with Crippen molar-refractivity contribution < 1.29 is 23.8 Å². The molecule has 2 aliphatic rings. The van der Waals surface area contributed by atoms with Gasteiger partial charge in [0.05, 0.1) is 31.3 Å². The molecule has 2 aromatic carbocycles. The summed E-state index contributed by atoms with van der Waals surface area (Å²) in [6.45, 7) is 6.65. The Morgan fingerprint density at radius 3 is 2.84 bits per heavy atom. The molecular weight excluding hydrogens is 558 g/mol. The number of aryl methyl sites for hydroxylation is 2.